The molecule has 1 N–H and O–H groups in total. The molecule has 2 aromatic rings. The molecule has 0 bridgehead atoms. The van der Waals surface area contributed by atoms with Gasteiger partial charge in [0.1, 0.15) is 11.5 Å². The molecule has 2 unspecified atom stereocenters. The molecule has 1 fully saturated rings. The highest BCUT2D eigenvalue weighted by Crippen LogP contribution is 2.42. The normalized spacial score (nSPS) is 23.7. The summed E-state index contributed by atoms with van der Waals surface area (Å²) in [6.07, 6.45) is 3.00. The lowest BCUT2D eigenvalue weighted by atomic mass is 9.91. The molecule has 4 heteroatoms. The summed E-state index contributed by atoms with van der Waals surface area (Å²) in [5.74, 6) is 2.18. The van der Waals surface area contributed by atoms with E-state index >= 15 is 0 Å². The number of ketones is 1. The van der Waals surface area contributed by atoms with Crippen LogP contribution in [0.5, 0.6) is 11.5 Å². The third kappa shape index (κ3) is 3.57. The van der Waals surface area contributed by atoms with E-state index in [1.165, 1.54) is 6.42 Å². The van der Waals surface area contributed by atoms with Crippen molar-refractivity contribution in [1.82, 2.24) is 4.90 Å². The molecule has 28 heavy (non-hydrogen) atoms. The Hall–Kier alpha value is -2.59. The van der Waals surface area contributed by atoms with Crippen LogP contribution in [-0.4, -0.2) is 28.9 Å². The quantitative estimate of drug-likeness (QED) is 0.781. The maximum atomic E-state index is 13.0. The van der Waals surface area contributed by atoms with Crippen LogP contribution >= 0.6 is 0 Å². The van der Waals surface area contributed by atoms with Crippen LogP contribution in [0.25, 0.3) is 6.08 Å². The molecule has 0 radical (unpaired) electrons. The van der Waals surface area contributed by atoms with Gasteiger partial charge in [0.25, 0.3) is 0 Å². The van der Waals surface area contributed by atoms with Crippen molar-refractivity contribution in [3.8, 4) is 11.5 Å². The van der Waals surface area contributed by atoms with Crippen molar-refractivity contribution in [1.29, 1.82) is 0 Å². The fraction of sp³-hybridized carbons (Fsp3) is 0.375. The number of aromatic hydroxyl groups is 1. The van der Waals surface area contributed by atoms with Gasteiger partial charge in [0.15, 0.2) is 5.76 Å². The zero-order valence-corrected chi connectivity index (χ0v) is 16.7. The fourth-order valence-electron chi connectivity index (χ4n) is 4.58. The maximum absolute atomic E-state index is 13.0. The average Bonchev–Trinajstić information content (AvgIpc) is 2.95. The minimum atomic E-state index is -0.113. The highest BCUT2D eigenvalue weighted by molar-refractivity contribution is 6.15. The summed E-state index contributed by atoms with van der Waals surface area (Å²) in [5, 5.41) is 10.6. The zero-order chi connectivity index (χ0) is 19.8. The van der Waals surface area contributed by atoms with Crippen molar-refractivity contribution in [3.05, 3.63) is 64.4 Å². The number of nitrogens with zero attached hydrogens (tertiary/aromatic N) is 1. The fourth-order valence-corrected chi connectivity index (χ4v) is 4.58. The van der Waals surface area contributed by atoms with Crippen LogP contribution in [0.1, 0.15) is 47.3 Å². The third-order valence-electron chi connectivity index (χ3n) is 5.64. The van der Waals surface area contributed by atoms with Crippen LogP contribution in [0, 0.1) is 18.8 Å². The van der Waals surface area contributed by atoms with Gasteiger partial charge in [0, 0.05) is 19.6 Å². The molecule has 0 aliphatic carbocycles. The molecule has 0 aromatic heterocycles. The van der Waals surface area contributed by atoms with Crippen LogP contribution in [0.3, 0.4) is 0 Å². The molecule has 0 amide bonds. The maximum Gasteiger partial charge on any atom is 0.232 e. The van der Waals surface area contributed by atoms with E-state index in [4.69, 9.17) is 4.74 Å². The van der Waals surface area contributed by atoms with Gasteiger partial charge in [0.2, 0.25) is 5.78 Å². The number of carbonyl (C=O) groups excluding carboxylic acids is 1. The molecule has 0 spiro atoms. The van der Waals surface area contributed by atoms with E-state index in [9.17, 15) is 9.90 Å². The lowest BCUT2D eigenvalue weighted by Crippen LogP contribution is -2.38. The largest absolute Gasteiger partial charge is 0.507 e. The van der Waals surface area contributed by atoms with Gasteiger partial charge >= 0.3 is 0 Å². The molecular weight excluding hydrogens is 350 g/mol. The number of ether oxygens (including phenoxy) is 1. The lowest BCUT2D eigenvalue weighted by Gasteiger charge is -2.35. The van der Waals surface area contributed by atoms with Crippen molar-refractivity contribution < 1.29 is 14.6 Å². The number of fused-ring (bicyclic) bond motifs is 1. The molecule has 2 aliphatic heterocycles. The molecule has 1 saturated heterocycles. The minimum absolute atomic E-state index is 0.113. The molecule has 2 atom stereocenters. The molecule has 2 aliphatic rings. The number of rotatable bonds is 3. The van der Waals surface area contributed by atoms with Crippen molar-refractivity contribution in [2.24, 2.45) is 11.8 Å². The van der Waals surface area contributed by atoms with E-state index in [0.717, 1.165) is 24.2 Å². The summed E-state index contributed by atoms with van der Waals surface area (Å²) in [7, 11) is 0. The van der Waals surface area contributed by atoms with Gasteiger partial charge in [-0.3, -0.25) is 9.69 Å². The van der Waals surface area contributed by atoms with E-state index in [0.29, 0.717) is 41.0 Å². The van der Waals surface area contributed by atoms with Crippen molar-refractivity contribution in [2.75, 3.05) is 13.1 Å². The zero-order valence-electron chi connectivity index (χ0n) is 16.7. The smallest absolute Gasteiger partial charge is 0.232 e. The van der Waals surface area contributed by atoms with E-state index in [1.54, 1.807) is 12.1 Å². The monoisotopic (exact) mass is 377 g/mol. The third-order valence-corrected chi connectivity index (χ3v) is 5.64. The number of benzene rings is 2. The van der Waals surface area contributed by atoms with Gasteiger partial charge in [-0.1, -0.05) is 44.2 Å². The average molecular weight is 377 g/mol. The second-order valence-electron chi connectivity index (χ2n) is 8.39. The number of phenols is 1. The van der Waals surface area contributed by atoms with Crippen molar-refractivity contribution in [2.45, 2.75) is 33.7 Å². The number of aryl methyl sites for hydroxylation is 1. The van der Waals surface area contributed by atoms with Crippen LogP contribution in [0.15, 0.2) is 42.2 Å². The van der Waals surface area contributed by atoms with Crippen molar-refractivity contribution in [3.63, 3.8) is 0 Å². The van der Waals surface area contributed by atoms with E-state index in [1.807, 2.05) is 37.3 Å². The molecule has 2 heterocycles. The van der Waals surface area contributed by atoms with Crippen LogP contribution in [-0.2, 0) is 6.54 Å². The van der Waals surface area contributed by atoms with Gasteiger partial charge in [-0.15, -0.1) is 0 Å². The van der Waals surface area contributed by atoms with Gasteiger partial charge in [-0.2, -0.15) is 0 Å². The first kappa shape index (κ1) is 18.8. The first-order valence-electron chi connectivity index (χ1n) is 9.99. The molecule has 0 saturated carbocycles. The Morgan fingerprint density at radius 3 is 2.54 bits per heavy atom. The molecule has 146 valence electrons. The van der Waals surface area contributed by atoms with E-state index in [-0.39, 0.29) is 11.5 Å². The van der Waals surface area contributed by atoms with Gasteiger partial charge in [-0.05, 0) is 48.4 Å². The number of carbonyl (C=O) groups is 1. The van der Waals surface area contributed by atoms with Gasteiger partial charge in [-0.25, -0.2) is 0 Å². The minimum Gasteiger partial charge on any atom is -0.507 e. The van der Waals surface area contributed by atoms with Crippen molar-refractivity contribution >= 4 is 11.9 Å². The first-order valence-corrected chi connectivity index (χ1v) is 9.99. The number of likely N-dealkylation sites (tertiary alicyclic amines) is 1. The second kappa shape index (κ2) is 7.44. The Balaban J connectivity index is 1.69. The molecule has 4 nitrogen and oxygen atoms in total. The highest BCUT2D eigenvalue weighted by atomic mass is 16.5. The summed E-state index contributed by atoms with van der Waals surface area (Å²) in [6, 6.07) is 11.4. The topological polar surface area (TPSA) is 49.8 Å². The second-order valence-corrected chi connectivity index (χ2v) is 8.39. The Bertz CT molecular complexity index is 923. The summed E-state index contributed by atoms with van der Waals surface area (Å²) < 4.78 is 6.04. The van der Waals surface area contributed by atoms with E-state index in [2.05, 4.69) is 18.7 Å². The molecular formula is C24H27NO3. The summed E-state index contributed by atoms with van der Waals surface area (Å²) in [4.78, 5) is 15.4. The number of hydrogen-bond acceptors (Lipinski definition) is 4. The number of phenolic OH excluding ortho intramolecular Hbond substituents is 1. The molecule has 4 rings (SSSR count). The van der Waals surface area contributed by atoms with Gasteiger partial charge < -0.3 is 9.84 Å². The Morgan fingerprint density at radius 2 is 1.86 bits per heavy atom. The predicted molar refractivity (Wildman–Crippen MR) is 110 cm³/mol. The van der Waals surface area contributed by atoms with Gasteiger partial charge in [0.05, 0.1) is 11.1 Å². The SMILES string of the molecule is Cc1cc(O)c(CN2CC(C)CC(C)C2)c2c1C(=O)/C(=C\c1ccccc1)O2. The Morgan fingerprint density at radius 1 is 1.18 bits per heavy atom. The first-order chi connectivity index (χ1) is 13.4. The van der Waals surface area contributed by atoms with Crippen LogP contribution < -0.4 is 4.74 Å². The number of allylic oxidation sites excluding steroid dienone is 1. The predicted octanol–water partition coefficient (Wildman–Crippen LogP) is 4.79. The number of piperidine rings is 1. The summed E-state index contributed by atoms with van der Waals surface area (Å²) in [6.45, 7) is 8.96. The molecule has 2 aromatic carbocycles. The van der Waals surface area contributed by atoms with Crippen LogP contribution in [0.2, 0.25) is 0 Å². The Kier molecular flexibility index (Phi) is 4.98. The number of Topliss-reactive ketones (excluding diaryl/α,β-unsaturated/α-hetero) is 1. The Labute approximate surface area is 166 Å². The summed E-state index contributed by atoms with van der Waals surface area (Å²) >= 11 is 0. The number of hydrogen-bond donors (Lipinski definition) is 1. The standard InChI is InChI=1S/C24H27NO3/c1-15-9-16(2)13-25(12-15)14-19-20(26)10-17(3)22-23(27)21(28-24(19)22)11-18-7-5-4-6-8-18/h4-8,10-11,15-16,26H,9,12-14H2,1-3H3/b21-11+. The van der Waals surface area contributed by atoms with Crippen LogP contribution in [0.4, 0.5) is 0 Å². The highest BCUT2D eigenvalue weighted by Gasteiger charge is 2.34. The lowest BCUT2D eigenvalue weighted by molar-refractivity contribution is 0.101. The van der Waals surface area contributed by atoms with E-state index < -0.39 is 0 Å². The summed E-state index contributed by atoms with van der Waals surface area (Å²) in [5.41, 5.74) is 2.96.